The normalized spacial score (nSPS) is 18.0. The Labute approximate surface area is 164 Å². The van der Waals surface area contributed by atoms with Gasteiger partial charge < -0.3 is 4.74 Å². The van der Waals surface area contributed by atoms with Crippen LogP contribution >= 0.6 is 11.8 Å². The minimum Gasteiger partial charge on any atom is -0.490 e. The number of carbonyl (C=O) groups is 1. The molecule has 1 heterocycles. The fourth-order valence-corrected chi connectivity index (χ4v) is 4.56. The van der Waals surface area contributed by atoms with E-state index in [4.69, 9.17) is 4.74 Å². The standard InChI is InChI=1S/C22H26FNO2S/c1-4-6-18(5-2)26-19-11-12-20(15(3)13-19)24-21(25)14-27-22(24)16-7-9-17(23)10-8-16/h7-13,18,22H,4-6,14H2,1-3H3. The molecule has 2 unspecified atom stereocenters. The van der Waals surface area contributed by atoms with E-state index in [1.807, 2.05) is 30.0 Å². The molecule has 1 aliphatic rings. The zero-order valence-corrected chi connectivity index (χ0v) is 16.9. The Bertz CT molecular complexity index is 793. The van der Waals surface area contributed by atoms with Crippen molar-refractivity contribution in [3.63, 3.8) is 0 Å². The van der Waals surface area contributed by atoms with Gasteiger partial charge in [-0.1, -0.05) is 32.4 Å². The van der Waals surface area contributed by atoms with Gasteiger partial charge in [0.2, 0.25) is 5.91 Å². The van der Waals surface area contributed by atoms with Gasteiger partial charge in [0.15, 0.2) is 0 Å². The van der Waals surface area contributed by atoms with Crippen LogP contribution in [0.25, 0.3) is 0 Å². The lowest BCUT2D eigenvalue weighted by atomic mass is 10.1. The van der Waals surface area contributed by atoms with Crippen LogP contribution in [0.2, 0.25) is 0 Å². The highest BCUT2D eigenvalue weighted by Crippen LogP contribution is 2.43. The number of nitrogens with zero attached hydrogens (tertiary/aromatic N) is 1. The lowest BCUT2D eigenvalue weighted by molar-refractivity contribution is -0.115. The molecule has 3 nitrogen and oxygen atoms in total. The second-order valence-corrected chi connectivity index (χ2v) is 7.93. The molecule has 2 atom stereocenters. The van der Waals surface area contributed by atoms with E-state index in [2.05, 4.69) is 13.8 Å². The zero-order chi connectivity index (χ0) is 19.4. The van der Waals surface area contributed by atoms with E-state index in [1.54, 1.807) is 23.9 Å². The van der Waals surface area contributed by atoms with Gasteiger partial charge in [-0.05, 0) is 61.2 Å². The van der Waals surface area contributed by atoms with Gasteiger partial charge >= 0.3 is 0 Å². The summed E-state index contributed by atoms with van der Waals surface area (Å²) in [4.78, 5) is 14.4. The largest absolute Gasteiger partial charge is 0.490 e. The van der Waals surface area contributed by atoms with Gasteiger partial charge in [0.05, 0.1) is 11.9 Å². The molecule has 0 radical (unpaired) electrons. The number of benzene rings is 2. The predicted molar refractivity (Wildman–Crippen MR) is 110 cm³/mol. The first-order valence-corrected chi connectivity index (χ1v) is 10.5. The monoisotopic (exact) mass is 387 g/mol. The highest BCUT2D eigenvalue weighted by Gasteiger charge is 2.34. The van der Waals surface area contributed by atoms with Gasteiger partial charge in [0, 0.05) is 5.69 Å². The number of anilines is 1. The summed E-state index contributed by atoms with van der Waals surface area (Å²) in [7, 11) is 0. The molecule has 0 spiro atoms. The predicted octanol–water partition coefficient (Wildman–Crippen LogP) is 5.87. The molecule has 0 N–H and O–H groups in total. The van der Waals surface area contributed by atoms with Gasteiger partial charge in [-0.25, -0.2) is 4.39 Å². The topological polar surface area (TPSA) is 29.5 Å². The number of aryl methyl sites for hydroxylation is 1. The molecule has 0 bridgehead atoms. The SMILES string of the molecule is CCCC(CC)Oc1ccc(N2C(=O)CSC2c2ccc(F)cc2)c(C)c1. The summed E-state index contributed by atoms with van der Waals surface area (Å²) >= 11 is 1.57. The summed E-state index contributed by atoms with van der Waals surface area (Å²) in [6.45, 7) is 6.29. The molecular formula is C22H26FNO2S. The number of amides is 1. The number of hydrogen-bond acceptors (Lipinski definition) is 3. The summed E-state index contributed by atoms with van der Waals surface area (Å²) in [6, 6.07) is 12.3. The van der Waals surface area contributed by atoms with E-state index in [0.717, 1.165) is 41.8 Å². The maximum atomic E-state index is 13.3. The lowest BCUT2D eigenvalue weighted by Gasteiger charge is -2.26. The first kappa shape index (κ1) is 19.7. The molecule has 0 saturated carbocycles. The number of thioether (sulfide) groups is 1. The first-order valence-electron chi connectivity index (χ1n) is 9.50. The Hall–Kier alpha value is -2.01. The van der Waals surface area contributed by atoms with E-state index in [0.29, 0.717) is 5.75 Å². The Morgan fingerprint density at radius 3 is 2.59 bits per heavy atom. The molecule has 5 heteroatoms. The molecule has 1 fully saturated rings. The molecule has 1 amide bonds. The quantitative estimate of drug-likeness (QED) is 0.595. The van der Waals surface area contributed by atoms with E-state index in [1.165, 1.54) is 12.1 Å². The van der Waals surface area contributed by atoms with Crippen molar-refractivity contribution in [2.75, 3.05) is 10.7 Å². The molecule has 2 aromatic rings. The van der Waals surface area contributed by atoms with Crippen LogP contribution in [0.15, 0.2) is 42.5 Å². The van der Waals surface area contributed by atoms with Crippen molar-refractivity contribution in [2.45, 2.75) is 51.5 Å². The van der Waals surface area contributed by atoms with Crippen molar-refractivity contribution in [1.82, 2.24) is 0 Å². The third-order valence-corrected chi connectivity index (χ3v) is 6.03. The van der Waals surface area contributed by atoms with Crippen LogP contribution < -0.4 is 9.64 Å². The highest BCUT2D eigenvalue weighted by atomic mass is 32.2. The van der Waals surface area contributed by atoms with E-state index >= 15 is 0 Å². The van der Waals surface area contributed by atoms with Crippen LogP contribution in [-0.4, -0.2) is 17.8 Å². The van der Waals surface area contributed by atoms with Crippen LogP contribution in [0.5, 0.6) is 5.75 Å². The maximum absolute atomic E-state index is 13.3. The van der Waals surface area contributed by atoms with Gasteiger partial charge in [0.1, 0.15) is 16.9 Å². The minimum atomic E-state index is -0.269. The Morgan fingerprint density at radius 2 is 1.96 bits per heavy atom. The van der Waals surface area contributed by atoms with Crippen molar-refractivity contribution < 1.29 is 13.9 Å². The zero-order valence-electron chi connectivity index (χ0n) is 16.1. The number of rotatable bonds is 7. The van der Waals surface area contributed by atoms with Crippen LogP contribution in [0.1, 0.15) is 49.6 Å². The molecule has 0 aliphatic carbocycles. The molecule has 27 heavy (non-hydrogen) atoms. The minimum absolute atomic E-state index is 0.0727. The smallest absolute Gasteiger partial charge is 0.238 e. The molecule has 1 aliphatic heterocycles. The van der Waals surface area contributed by atoms with Crippen LogP contribution in [0.3, 0.4) is 0 Å². The third-order valence-electron chi connectivity index (χ3n) is 4.82. The van der Waals surface area contributed by atoms with E-state index in [9.17, 15) is 9.18 Å². The summed E-state index contributed by atoms with van der Waals surface area (Å²) in [5.41, 5.74) is 2.82. The van der Waals surface area contributed by atoms with Gasteiger partial charge in [-0.15, -0.1) is 11.8 Å². The summed E-state index contributed by atoms with van der Waals surface area (Å²) in [6.07, 6.45) is 3.32. The van der Waals surface area contributed by atoms with Crippen LogP contribution in [0, 0.1) is 12.7 Å². The van der Waals surface area contributed by atoms with Crippen LogP contribution in [0.4, 0.5) is 10.1 Å². The van der Waals surface area contributed by atoms with Crippen molar-refractivity contribution in [1.29, 1.82) is 0 Å². The number of halogens is 1. The summed E-state index contributed by atoms with van der Waals surface area (Å²) < 4.78 is 19.4. The number of ether oxygens (including phenoxy) is 1. The molecule has 0 aromatic heterocycles. The van der Waals surface area contributed by atoms with Crippen molar-refractivity contribution in [2.24, 2.45) is 0 Å². The average molecular weight is 388 g/mol. The maximum Gasteiger partial charge on any atom is 0.238 e. The molecule has 1 saturated heterocycles. The third kappa shape index (κ3) is 4.46. The molecule has 2 aromatic carbocycles. The fourth-order valence-electron chi connectivity index (χ4n) is 3.39. The first-order chi connectivity index (χ1) is 13.0. The van der Waals surface area contributed by atoms with E-state index < -0.39 is 0 Å². The second kappa shape index (κ2) is 8.79. The second-order valence-electron chi connectivity index (χ2n) is 6.86. The van der Waals surface area contributed by atoms with Crippen molar-refractivity contribution >= 4 is 23.4 Å². The van der Waals surface area contributed by atoms with Gasteiger partial charge in [-0.3, -0.25) is 9.69 Å². The Balaban J connectivity index is 1.85. The Morgan fingerprint density at radius 1 is 1.22 bits per heavy atom. The van der Waals surface area contributed by atoms with Crippen LogP contribution in [-0.2, 0) is 4.79 Å². The number of hydrogen-bond donors (Lipinski definition) is 0. The Kier molecular flexibility index (Phi) is 6.42. The summed E-state index contributed by atoms with van der Waals surface area (Å²) in [5.74, 6) is 1.07. The highest BCUT2D eigenvalue weighted by molar-refractivity contribution is 8.00. The van der Waals surface area contributed by atoms with Gasteiger partial charge in [0.25, 0.3) is 0 Å². The molecule has 3 rings (SSSR count). The number of carbonyl (C=O) groups excluding carboxylic acids is 1. The lowest BCUT2D eigenvalue weighted by Crippen LogP contribution is -2.28. The molecular weight excluding hydrogens is 361 g/mol. The molecule has 144 valence electrons. The van der Waals surface area contributed by atoms with Crippen molar-refractivity contribution in [3.05, 3.63) is 59.4 Å². The van der Waals surface area contributed by atoms with E-state index in [-0.39, 0.29) is 23.2 Å². The van der Waals surface area contributed by atoms with Gasteiger partial charge in [-0.2, -0.15) is 0 Å². The average Bonchev–Trinajstić information content (AvgIpc) is 3.03. The fraction of sp³-hybridized carbons (Fsp3) is 0.409. The summed E-state index contributed by atoms with van der Waals surface area (Å²) in [5, 5.41) is -0.132. The van der Waals surface area contributed by atoms with Crippen molar-refractivity contribution in [3.8, 4) is 5.75 Å².